The molecule has 3 heteroatoms. The van der Waals surface area contributed by atoms with Crippen LogP contribution in [0.1, 0.15) is 0 Å². The Hall–Kier alpha value is -8.27. The number of hydrogen-bond donors (Lipinski definition) is 0. The van der Waals surface area contributed by atoms with Crippen LogP contribution in [0.25, 0.3) is 121 Å². The van der Waals surface area contributed by atoms with Crippen LogP contribution in [0.3, 0.4) is 0 Å². The number of nitrogens with zero attached hydrogens (tertiary/aromatic N) is 3. The van der Waals surface area contributed by atoms with Crippen molar-refractivity contribution in [1.82, 2.24) is 15.0 Å². The molecular weight excluding hydrogens is 751 g/mol. The molecule has 1 heterocycles. The topological polar surface area (TPSA) is 38.7 Å². The summed E-state index contributed by atoms with van der Waals surface area (Å²) in [5.74, 6) is 1.93. The molecule has 62 heavy (non-hydrogen) atoms. The molecule has 1 aromatic heterocycles. The van der Waals surface area contributed by atoms with E-state index >= 15 is 0 Å². The fraction of sp³-hybridized carbons (Fsp3) is 0. The third kappa shape index (κ3) is 6.10. The van der Waals surface area contributed by atoms with Crippen LogP contribution < -0.4 is 0 Å². The van der Waals surface area contributed by atoms with Gasteiger partial charge in [-0.15, -0.1) is 0 Å². The maximum absolute atomic E-state index is 5.19. The summed E-state index contributed by atoms with van der Waals surface area (Å²) in [5, 5.41) is 11.9. The summed E-state index contributed by atoms with van der Waals surface area (Å²) in [4.78, 5) is 15.6. The standard InChI is InChI=1S/C59H37N3/c1-2-16-45-37-46(36-29-38(45)13-1)39-27-30-42(31-28-39)55-49-21-7-9-23-51(49)56(52-24-10-8-22-50(52)55)43-32-34-44(35-33-43)57-60-58(53-25-11-17-40-14-3-5-19-47(40)53)62-59(61-57)54-26-12-18-41-15-4-6-20-48(41)54/h1-37H. The van der Waals surface area contributed by atoms with Crippen molar-refractivity contribution in [3.05, 3.63) is 224 Å². The highest BCUT2D eigenvalue weighted by molar-refractivity contribution is 6.21. The van der Waals surface area contributed by atoms with Crippen LogP contribution in [0, 0.1) is 0 Å². The highest BCUT2D eigenvalue weighted by atomic mass is 15.0. The van der Waals surface area contributed by atoms with Crippen molar-refractivity contribution in [1.29, 1.82) is 0 Å². The minimum Gasteiger partial charge on any atom is -0.208 e. The molecule has 11 aromatic carbocycles. The van der Waals surface area contributed by atoms with Gasteiger partial charge in [-0.2, -0.15) is 0 Å². The van der Waals surface area contributed by atoms with Gasteiger partial charge < -0.3 is 0 Å². The van der Waals surface area contributed by atoms with Crippen LogP contribution in [0.15, 0.2) is 224 Å². The lowest BCUT2D eigenvalue weighted by Crippen LogP contribution is -2.01. The Kier molecular flexibility index (Phi) is 8.50. The summed E-state index contributed by atoms with van der Waals surface area (Å²) < 4.78 is 0. The molecule has 0 fully saturated rings. The predicted molar refractivity (Wildman–Crippen MR) is 260 cm³/mol. The molecule has 0 saturated carbocycles. The number of aromatic nitrogens is 3. The summed E-state index contributed by atoms with van der Waals surface area (Å²) in [5.41, 5.74) is 10.1. The van der Waals surface area contributed by atoms with Crippen LogP contribution in [0.4, 0.5) is 0 Å². The van der Waals surface area contributed by atoms with Crippen molar-refractivity contribution in [2.45, 2.75) is 0 Å². The van der Waals surface area contributed by atoms with Crippen LogP contribution >= 0.6 is 0 Å². The Labute approximate surface area is 359 Å². The second kappa shape index (κ2) is 14.8. The van der Waals surface area contributed by atoms with Crippen molar-refractivity contribution < 1.29 is 0 Å². The fourth-order valence-corrected chi connectivity index (χ4v) is 9.32. The van der Waals surface area contributed by atoms with E-state index in [-0.39, 0.29) is 0 Å². The lowest BCUT2D eigenvalue weighted by Gasteiger charge is -2.18. The highest BCUT2D eigenvalue weighted by Gasteiger charge is 2.19. The molecule has 0 unspecified atom stereocenters. The Morgan fingerprint density at radius 2 is 0.565 bits per heavy atom. The average molecular weight is 788 g/mol. The molecule has 3 nitrogen and oxygen atoms in total. The van der Waals surface area contributed by atoms with Gasteiger partial charge >= 0.3 is 0 Å². The first-order valence-electron chi connectivity index (χ1n) is 21.1. The van der Waals surface area contributed by atoms with E-state index in [1.807, 2.05) is 0 Å². The maximum atomic E-state index is 5.19. The third-order valence-corrected chi connectivity index (χ3v) is 12.3. The van der Waals surface area contributed by atoms with Crippen LogP contribution in [0.5, 0.6) is 0 Å². The molecular formula is C59H37N3. The van der Waals surface area contributed by atoms with Gasteiger partial charge in [-0.25, -0.2) is 15.0 Å². The number of benzene rings is 11. The number of fused-ring (bicyclic) bond motifs is 5. The van der Waals surface area contributed by atoms with Crippen molar-refractivity contribution in [3.8, 4) is 67.5 Å². The Balaban J connectivity index is 0.982. The third-order valence-electron chi connectivity index (χ3n) is 12.3. The second-order valence-electron chi connectivity index (χ2n) is 15.9. The van der Waals surface area contributed by atoms with Crippen molar-refractivity contribution in [3.63, 3.8) is 0 Å². The molecule has 0 spiro atoms. The van der Waals surface area contributed by atoms with E-state index in [0.717, 1.165) is 43.8 Å². The molecule has 0 saturated heterocycles. The van der Waals surface area contributed by atoms with E-state index in [9.17, 15) is 0 Å². The van der Waals surface area contributed by atoms with Gasteiger partial charge in [0.2, 0.25) is 0 Å². The number of hydrogen-bond acceptors (Lipinski definition) is 3. The van der Waals surface area contributed by atoms with Crippen LogP contribution in [0.2, 0.25) is 0 Å². The molecule has 12 aromatic rings. The van der Waals surface area contributed by atoms with E-state index in [0.29, 0.717) is 17.5 Å². The lowest BCUT2D eigenvalue weighted by atomic mass is 9.85. The Morgan fingerprint density at radius 1 is 0.210 bits per heavy atom. The van der Waals surface area contributed by atoms with Gasteiger partial charge in [0.05, 0.1) is 0 Å². The number of rotatable bonds is 6. The first kappa shape index (κ1) is 35.7. The summed E-state index contributed by atoms with van der Waals surface area (Å²) >= 11 is 0. The minimum atomic E-state index is 0.634. The monoisotopic (exact) mass is 787 g/mol. The quantitative estimate of drug-likeness (QED) is 0.158. The van der Waals surface area contributed by atoms with E-state index in [1.54, 1.807) is 0 Å². The minimum absolute atomic E-state index is 0.634. The van der Waals surface area contributed by atoms with E-state index in [4.69, 9.17) is 15.0 Å². The first-order valence-corrected chi connectivity index (χ1v) is 21.1. The Morgan fingerprint density at radius 3 is 1.06 bits per heavy atom. The largest absolute Gasteiger partial charge is 0.208 e. The molecule has 0 aliphatic rings. The maximum Gasteiger partial charge on any atom is 0.164 e. The van der Waals surface area contributed by atoms with Crippen LogP contribution in [-0.4, -0.2) is 15.0 Å². The highest BCUT2D eigenvalue weighted by Crippen LogP contribution is 2.44. The molecule has 0 radical (unpaired) electrons. The lowest BCUT2D eigenvalue weighted by molar-refractivity contribution is 1.08. The van der Waals surface area contributed by atoms with Gasteiger partial charge in [0.25, 0.3) is 0 Å². The van der Waals surface area contributed by atoms with Crippen molar-refractivity contribution in [2.24, 2.45) is 0 Å². The van der Waals surface area contributed by atoms with Crippen LogP contribution in [-0.2, 0) is 0 Å². The molecule has 0 aliphatic heterocycles. The molecule has 12 rings (SSSR count). The molecule has 0 N–H and O–H groups in total. The van der Waals surface area contributed by atoms with Gasteiger partial charge in [-0.3, -0.25) is 0 Å². The summed E-state index contributed by atoms with van der Waals surface area (Å²) in [6.07, 6.45) is 0. The fourth-order valence-electron chi connectivity index (χ4n) is 9.32. The van der Waals surface area contributed by atoms with Gasteiger partial charge in [0.1, 0.15) is 0 Å². The van der Waals surface area contributed by atoms with Gasteiger partial charge in [-0.05, 0) is 93.3 Å². The SMILES string of the molecule is c1ccc2cc(-c3ccc(-c4c5ccccc5c(-c5ccc(-c6nc(-c7cccc8ccccc78)nc(-c7cccc8ccccc78)n6)cc5)c5ccccc45)cc3)ccc2c1. The smallest absolute Gasteiger partial charge is 0.164 e. The summed E-state index contributed by atoms with van der Waals surface area (Å²) in [7, 11) is 0. The van der Waals surface area contributed by atoms with Crippen molar-refractivity contribution in [2.75, 3.05) is 0 Å². The van der Waals surface area contributed by atoms with E-state index in [2.05, 4.69) is 224 Å². The zero-order valence-corrected chi connectivity index (χ0v) is 33.7. The van der Waals surface area contributed by atoms with E-state index in [1.165, 1.54) is 60.1 Å². The first-order chi connectivity index (χ1) is 30.7. The second-order valence-corrected chi connectivity index (χ2v) is 15.9. The molecule has 0 bridgehead atoms. The zero-order valence-electron chi connectivity index (χ0n) is 33.7. The summed E-state index contributed by atoms with van der Waals surface area (Å²) in [6, 6.07) is 80.2. The van der Waals surface area contributed by atoms with Gasteiger partial charge in [-0.1, -0.05) is 218 Å². The normalized spacial score (nSPS) is 11.5. The molecule has 0 aliphatic carbocycles. The summed E-state index contributed by atoms with van der Waals surface area (Å²) in [6.45, 7) is 0. The molecule has 0 atom stereocenters. The van der Waals surface area contributed by atoms with E-state index < -0.39 is 0 Å². The Bertz CT molecular complexity index is 3520. The predicted octanol–water partition coefficient (Wildman–Crippen LogP) is 15.6. The molecule has 0 amide bonds. The van der Waals surface area contributed by atoms with Gasteiger partial charge in [0.15, 0.2) is 17.5 Å². The average Bonchev–Trinajstić information content (AvgIpc) is 3.35. The zero-order chi connectivity index (χ0) is 41.0. The van der Waals surface area contributed by atoms with Crippen molar-refractivity contribution >= 4 is 53.9 Å². The van der Waals surface area contributed by atoms with Gasteiger partial charge in [0, 0.05) is 16.7 Å². The molecule has 288 valence electrons.